The van der Waals surface area contributed by atoms with Crippen LogP contribution in [0, 0.1) is 0 Å². The topological polar surface area (TPSA) is 9.23 Å². The molecule has 0 radical (unpaired) electrons. The van der Waals surface area contributed by atoms with E-state index in [2.05, 4.69) is 40.7 Å². The van der Waals surface area contributed by atoms with E-state index in [9.17, 15) is 0 Å². The summed E-state index contributed by atoms with van der Waals surface area (Å²) >= 11 is 9.53. The molecule has 0 aliphatic rings. The van der Waals surface area contributed by atoms with Gasteiger partial charge in [0.25, 0.3) is 0 Å². The maximum absolute atomic E-state index is 5.58. The molecule has 74 valence electrons. The van der Waals surface area contributed by atoms with Crippen molar-refractivity contribution in [2.24, 2.45) is 0 Å². The monoisotopic (exact) mass is 288 g/mol. The number of hydrogen-bond donors (Lipinski definition) is 1. The summed E-state index contributed by atoms with van der Waals surface area (Å²) in [6.45, 7) is 2.65. The Bertz CT molecular complexity index is 464. The number of fused-ring (bicyclic) bond motifs is 1. The van der Waals surface area contributed by atoms with Gasteiger partial charge in [-0.25, -0.2) is 0 Å². The van der Waals surface area contributed by atoms with Crippen LogP contribution in [-0.2, 0) is 0 Å². The average Bonchev–Trinajstić information content (AvgIpc) is 2.51. The Balaban J connectivity index is 2.68. The van der Waals surface area contributed by atoms with Gasteiger partial charge >= 0.3 is 0 Å². The fourth-order valence-corrected chi connectivity index (χ4v) is 3.27. The number of benzene rings is 1. The summed E-state index contributed by atoms with van der Waals surface area (Å²) in [5.74, 6) is 0.893. The predicted molar refractivity (Wildman–Crippen MR) is 67.9 cm³/mol. The number of thiol groups is 1. The molecule has 0 aliphatic heterocycles. The van der Waals surface area contributed by atoms with Crippen molar-refractivity contribution in [2.45, 2.75) is 11.8 Å². The highest BCUT2D eigenvalue weighted by atomic mass is 79.9. The van der Waals surface area contributed by atoms with Crippen LogP contribution in [0.15, 0.2) is 26.9 Å². The summed E-state index contributed by atoms with van der Waals surface area (Å²) < 4.78 is 7.85. The first-order valence-electron chi connectivity index (χ1n) is 4.26. The molecule has 1 aromatic carbocycles. The quantitative estimate of drug-likeness (QED) is 0.809. The lowest BCUT2D eigenvalue weighted by Crippen LogP contribution is -1.92. The lowest BCUT2D eigenvalue weighted by Gasteiger charge is -2.06. The van der Waals surface area contributed by atoms with E-state index in [1.807, 2.05) is 13.0 Å². The third-order valence-electron chi connectivity index (χ3n) is 1.88. The molecule has 0 aliphatic carbocycles. The summed E-state index contributed by atoms with van der Waals surface area (Å²) in [6.07, 6.45) is 0. The standard InChI is InChI=1S/C10H9BrOS2/c1-2-12-9-7(13)4-3-6-5-8(11)14-10(6)9/h3-5,13H,2H2,1H3. The molecule has 0 saturated heterocycles. The van der Waals surface area contributed by atoms with E-state index in [0.717, 1.165) is 19.1 Å². The fourth-order valence-electron chi connectivity index (χ4n) is 1.32. The van der Waals surface area contributed by atoms with Crippen LogP contribution in [0.25, 0.3) is 10.1 Å². The van der Waals surface area contributed by atoms with Gasteiger partial charge < -0.3 is 4.74 Å². The van der Waals surface area contributed by atoms with Gasteiger partial charge in [0.1, 0.15) is 5.75 Å². The largest absolute Gasteiger partial charge is 0.491 e. The molecule has 0 unspecified atom stereocenters. The summed E-state index contributed by atoms with van der Waals surface area (Å²) in [5, 5.41) is 1.20. The number of ether oxygens (including phenoxy) is 1. The average molecular weight is 289 g/mol. The molecule has 1 aromatic heterocycles. The third kappa shape index (κ3) is 1.78. The Morgan fingerprint density at radius 2 is 2.29 bits per heavy atom. The van der Waals surface area contributed by atoms with Crippen LogP contribution in [-0.4, -0.2) is 6.61 Å². The van der Waals surface area contributed by atoms with Crippen LogP contribution in [0.4, 0.5) is 0 Å². The molecule has 0 bridgehead atoms. The second kappa shape index (κ2) is 4.13. The number of hydrogen-bond acceptors (Lipinski definition) is 3. The lowest BCUT2D eigenvalue weighted by molar-refractivity contribution is 0.337. The normalized spacial score (nSPS) is 10.8. The minimum atomic E-state index is 0.669. The molecule has 14 heavy (non-hydrogen) atoms. The molecule has 4 heteroatoms. The van der Waals surface area contributed by atoms with E-state index < -0.39 is 0 Å². The molecule has 1 heterocycles. The van der Waals surface area contributed by atoms with Crippen molar-refractivity contribution in [1.29, 1.82) is 0 Å². The molecule has 2 rings (SSSR count). The van der Waals surface area contributed by atoms with Crippen LogP contribution < -0.4 is 4.74 Å². The molecule has 0 N–H and O–H groups in total. The van der Waals surface area contributed by atoms with Crippen molar-refractivity contribution in [3.8, 4) is 5.75 Å². The maximum Gasteiger partial charge on any atom is 0.150 e. The van der Waals surface area contributed by atoms with Gasteiger partial charge in [0.2, 0.25) is 0 Å². The third-order valence-corrected chi connectivity index (χ3v) is 3.88. The first kappa shape index (κ1) is 10.3. The van der Waals surface area contributed by atoms with E-state index in [-0.39, 0.29) is 0 Å². The number of rotatable bonds is 2. The molecule has 0 amide bonds. The van der Waals surface area contributed by atoms with Gasteiger partial charge in [-0.2, -0.15) is 0 Å². The minimum absolute atomic E-state index is 0.669. The zero-order valence-electron chi connectivity index (χ0n) is 7.58. The second-order valence-corrected chi connectivity index (χ2v) is 5.73. The zero-order valence-corrected chi connectivity index (χ0v) is 10.9. The predicted octanol–water partition coefficient (Wildman–Crippen LogP) is 4.35. The zero-order chi connectivity index (χ0) is 10.1. The van der Waals surface area contributed by atoms with Gasteiger partial charge in [0.15, 0.2) is 0 Å². The van der Waals surface area contributed by atoms with Crippen molar-refractivity contribution in [3.63, 3.8) is 0 Å². The van der Waals surface area contributed by atoms with Crippen LogP contribution in [0.3, 0.4) is 0 Å². The van der Waals surface area contributed by atoms with Crippen LogP contribution in [0.1, 0.15) is 6.92 Å². The molecular weight excluding hydrogens is 280 g/mol. The highest BCUT2D eigenvalue weighted by molar-refractivity contribution is 9.11. The molecule has 0 spiro atoms. The smallest absolute Gasteiger partial charge is 0.150 e. The van der Waals surface area contributed by atoms with Crippen LogP contribution in [0.2, 0.25) is 0 Å². The first-order chi connectivity index (χ1) is 6.72. The lowest BCUT2D eigenvalue weighted by atomic mass is 10.2. The Hall–Kier alpha value is -0.190. The molecule has 0 fully saturated rings. The summed E-state index contributed by atoms with van der Waals surface area (Å²) in [7, 11) is 0. The minimum Gasteiger partial charge on any atom is -0.491 e. The van der Waals surface area contributed by atoms with Crippen molar-refractivity contribution in [1.82, 2.24) is 0 Å². The molecule has 1 nitrogen and oxygen atoms in total. The van der Waals surface area contributed by atoms with E-state index in [4.69, 9.17) is 4.74 Å². The summed E-state index contributed by atoms with van der Waals surface area (Å²) in [5.41, 5.74) is 0. The highest BCUT2D eigenvalue weighted by Gasteiger charge is 2.09. The first-order valence-corrected chi connectivity index (χ1v) is 6.32. The van der Waals surface area contributed by atoms with E-state index in [0.29, 0.717) is 6.61 Å². The molecular formula is C10H9BrOS2. The molecule has 0 atom stereocenters. The van der Waals surface area contributed by atoms with Crippen LogP contribution >= 0.6 is 39.9 Å². The van der Waals surface area contributed by atoms with Gasteiger partial charge in [0.05, 0.1) is 15.1 Å². The Morgan fingerprint density at radius 3 is 3.00 bits per heavy atom. The summed E-state index contributed by atoms with van der Waals surface area (Å²) in [4.78, 5) is 0.897. The van der Waals surface area contributed by atoms with Crippen molar-refractivity contribution in [2.75, 3.05) is 6.61 Å². The SMILES string of the molecule is CCOc1c(S)ccc2cc(Br)sc12. The van der Waals surface area contributed by atoms with Gasteiger partial charge in [-0.1, -0.05) is 6.07 Å². The van der Waals surface area contributed by atoms with Crippen LogP contribution in [0.5, 0.6) is 5.75 Å². The number of halogens is 1. The molecule has 0 saturated carbocycles. The highest BCUT2D eigenvalue weighted by Crippen LogP contribution is 2.39. The Morgan fingerprint density at radius 1 is 1.50 bits per heavy atom. The summed E-state index contributed by atoms with van der Waals surface area (Å²) in [6, 6.07) is 6.12. The number of thiophene rings is 1. The van der Waals surface area contributed by atoms with Crippen molar-refractivity contribution in [3.05, 3.63) is 22.0 Å². The van der Waals surface area contributed by atoms with E-state index in [1.54, 1.807) is 11.3 Å². The molecule has 2 aromatic rings. The maximum atomic E-state index is 5.58. The van der Waals surface area contributed by atoms with E-state index >= 15 is 0 Å². The Kier molecular flexibility index (Phi) is 3.04. The van der Waals surface area contributed by atoms with Gasteiger partial charge in [-0.05, 0) is 40.4 Å². The van der Waals surface area contributed by atoms with Crippen molar-refractivity contribution >= 4 is 50.0 Å². The Labute approximate surface area is 101 Å². The van der Waals surface area contributed by atoms with Gasteiger partial charge in [-0.3, -0.25) is 0 Å². The fraction of sp³-hybridized carbons (Fsp3) is 0.200. The van der Waals surface area contributed by atoms with Crippen molar-refractivity contribution < 1.29 is 4.74 Å². The van der Waals surface area contributed by atoms with Gasteiger partial charge in [0, 0.05) is 4.90 Å². The van der Waals surface area contributed by atoms with E-state index in [1.165, 1.54) is 5.39 Å². The second-order valence-electron chi connectivity index (χ2n) is 2.82. The van der Waals surface area contributed by atoms with Gasteiger partial charge in [-0.15, -0.1) is 24.0 Å².